The van der Waals surface area contributed by atoms with Gasteiger partial charge in [0.2, 0.25) is 5.91 Å². The molecular formula is C20H21F3N2O2. The van der Waals surface area contributed by atoms with E-state index in [0.29, 0.717) is 24.0 Å². The lowest BCUT2D eigenvalue weighted by molar-refractivity contribution is -0.137. The number of halogens is 3. The minimum absolute atomic E-state index is 0.154. The third-order valence-corrected chi connectivity index (χ3v) is 4.45. The van der Waals surface area contributed by atoms with Crippen molar-refractivity contribution in [2.24, 2.45) is 0 Å². The molecule has 0 unspecified atom stereocenters. The zero-order valence-electron chi connectivity index (χ0n) is 14.9. The molecule has 4 nitrogen and oxygen atoms in total. The normalized spacial score (nSPS) is 14.3. The van der Waals surface area contributed by atoms with Crippen LogP contribution in [-0.4, -0.2) is 30.5 Å². The molecule has 1 N–H and O–H groups in total. The van der Waals surface area contributed by atoms with Gasteiger partial charge in [-0.2, -0.15) is 13.2 Å². The Morgan fingerprint density at radius 3 is 2.26 bits per heavy atom. The Labute approximate surface area is 155 Å². The number of hydrogen-bond donors (Lipinski definition) is 1. The van der Waals surface area contributed by atoms with Crippen LogP contribution in [-0.2, 0) is 17.5 Å². The van der Waals surface area contributed by atoms with Crippen LogP contribution < -0.4 is 10.1 Å². The number of rotatable bonds is 7. The molecule has 144 valence electrons. The summed E-state index contributed by atoms with van der Waals surface area (Å²) in [4.78, 5) is 14.4. The number of hydrogen-bond acceptors (Lipinski definition) is 3. The maximum absolute atomic E-state index is 12.7. The number of carbonyl (C=O) groups excluding carboxylic acids is 1. The molecule has 1 fully saturated rings. The van der Waals surface area contributed by atoms with E-state index in [1.54, 1.807) is 31.4 Å². The average molecular weight is 378 g/mol. The van der Waals surface area contributed by atoms with Gasteiger partial charge in [-0.3, -0.25) is 9.69 Å². The first kappa shape index (κ1) is 19.2. The van der Waals surface area contributed by atoms with Gasteiger partial charge in [0.25, 0.3) is 0 Å². The summed E-state index contributed by atoms with van der Waals surface area (Å²) < 4.78 is 43.1. The Kier molecular flexibility index (Phi) is 5.70. The van der Waals surface area contributed by atoms with E-state index >= 15 is 0 Å². The van der Waals surface area contributed by atoms with Gasteiger partial charge in [0.15, 0.2) is 0 Å². The molecule has 0 spiro atoms. The van der Waals surface area contributed by atoms with Crippen LogP contribution in [0.5, 0.6) is 5.75 Å². The number of benzene rings is 2. The summed E-state index contributed by atoms with van der Waals surface area (Å²) in [6, 6.07) is 12.4. The van der Waals surface area contributed by atoms with E-state index in [1.165, 1.54) is 12.1 Å². The molecule has 0 saturated heterocycles. The summed E-state index contributed by atoms with van der Waals surface area (Å²) in [5.74, 6) is 0.550. The lowest BCUT2D eigenvalue weighted by Crippen LogP contribution is -2.34. The van der Waals surface area contributed by atoms with Gasteiger partial charge in [-0.1, -0.05) is 12.1 Å². The first-order valence-electron chi connectivity index (χ1n) is 8.69. The third-order valence-electron chi connectivity index (χ3n) is 4.45. The lowest BCUT2D eigenvalue weighted by atomic mass is 10.1. The van der Waals surface area contributed by atoms with Crippen molar-refractivity contribution in [2.45, 2.75) is 31.6 Å². The number of carbonyl (C=O) groups is 1. The van der Waals surface area contributed by atoms with Crippen LogP contribution in [0, 0.1) is 0 Å². The van der Waals surface area contributed by atoms with Crippen molar-refractivity contribution in [2.75, 3.05) is 19.0 Å². The van der Waals surface area contributed by atoms with Gasteiger partial charge < -0.3 is 10.1 Å². The summed E-state index contributed by atoms with van der Waals surface area (Å²) in [7, 11) is 1.57. The van der Waals surface area contributed by atoms with Gasteiger partial charge in [-0.05, 0) is 54.8 Å². The highest BCUT2D eigenvalue weighted by Gasteiger charge is 2.32. The number of amides is 1. The van der Waals surface area contributed by atoms with Crippen LogP contribution in [0.1, 0.15) is 24.0 Å². The van der Waals surface area contributed by atoms with Crippen molar-refractivity contribution < 1.29 is 22.7 Å². The standard InChI is InChI=1S/C20H21F3N2O2/c1-27-18-10-6-16(7-11-18)24-19(26)13-25(17-8-9-17)12-14-2-4-15(5-3-14)20(21,22)23/h2-7,10-11,17H,8-9,12-13H2,1H3,(H,24,26). The molecule has 0 radical (unpaired) electrons. The van der Waals surface area contributed by atoms with Gasteiger partial charge >= 0.3 is 6.18 Å². The minimum Gasteiger partial charge on any atom is -0.497 e. The molecule has 0 aliphatic heterocycles. The van der Waals surface area contributed by atoms with Gasteiger partial charge in [0, 0.05) is 18.3 Å². The molecule has 0 heterocycles. The molecule has 1 saturated carbocycles. The Balaban J connectivity index is 1.59. The summed E-state index contributed by atoms with van der Waals surface area (Å²) >= 11 is 0. The first-order chi connectivity index (χ1) is 12.8. The van der Waals surface area contributed by atoms with Gasteiger partial charge in [0.05, 0.1) is 19.2 Å². The maximum atomic E-state index is 12.7. The van der Waals surface area contributed by atoms with Crippen molar-refractivity contribution in [1.29, 1.82) is 0 Å². The predicted molar refractivity (Wildman–Crippen MR) is 96.5 cm³/mol. The molecule has 0 aromatic heterocycles. The molecule has 3 rings (SSSR count). The lowest BCUT2D eigenvalue weighted by Gasteiger charge is -2.22. The van der Waals surface area contributed by atoms with Crippen molar-refractivity contribution in [1.82, 2.24) is 4.90 Å². The van der Waals surface area contributed by atoms with Crippen molar-refractivity contribution in [3.63, 3.8) is 0 Å². The van der Waals surface area contributed by atoms with E-state index in [-0.39, 0.29) is 12.5 Å². The fraction of sp³-hybridized carbons (Fsp3) is 0.350. The van der Waals surface area contributed by atoms with Gasteiger partial charge in [0.1, 0.15) is 5.75 Å². The Hall–Kier alpha value is -2.54. The highest BCUT2D eigenvalue weighted by molar-refractivity contribution is 5.92. The molecule has 2 aromatic carbocycles. The van der Waals surface area contributed by atoms with E-state index in [9.17, 15) is 18.0 Å². The first-order valence-corrected chi connectivity index (χ1v) is 8.69. The monoisotopic (exact) mass is 378 g/mol. The van der Waals surface area contributed by atoms with Crippen LogP contribution in [0.4, 0.5) is 18.9 Å². The number of nitrogens with zero attached hydrogens (tertiary/aromatic N) is 1. The fourth-order valence-electron chi connectivity index (χ4n) is 2.85. The molecule has 7 heteroatoms. The van der Waals surface area contributed by atoms with Crippen molar-refractivity contribution >= 4 is 11.6 Å². The summed E-state index contributed by atoms with van der Waals surface area (Å²) in [6.07, 6.45) is -2.35. The summed E-state index contributed by atoms with van der Waals surface area (Å²) in [5, 5.41) is 2.84. The average Bonchev–Trinajstić information content (AvgIpc) is 3.46. The molecule has 0 atom stereocenters. The number of anilines is 1. The molecule has 1 aliphatic carbocycles. The zero-order valence-corrected chi connectivity index (χ0v) is 14.9. The van der Waals surface area contributed by atoms with E-state index < -0.39 is 11.7 Å². The Morgan fingerprint density at radius 1 is 1.11 bits per heavy atom. The molecule has 1 amide bonds. The van der Waals surface area contributed by atoms with Crippen LogP contribution in [0.3, 0.4) is 0 Å². The zero-order chi connectivity index (χ0) is 19.4. The van der Waals surface area contributed by atoms with E-state index in [1.807, 2.05) is 4.90 Å². The second-order valence-electron chi connectivity index (χ2n) is 6.61. The van der Waals surface area contributed by atoms with Crippen LogP contribution in [0.2, 0.25) is 0 Å². The quantitative estimate of drug-likeness (QED) is 0.780. The van der Waals surface area contributed by atoms with Crippen LogP contribution in [0.25, 0.3) is 0 Å². The predicted octanol–water partition coefficient (Wildman–Crippen LogP) is 4.32. The second-order valence-corrected chi connectivity index (χ2v) is 6.61. The number of nitrogens with one attached hydrogen (secondary N) is 1. The maximum Gasteiger partial charge on any atom is 0.416 e. The number of ether oxygens (including phenoxy) is 1. The fourth-order valence-corrected chi connectivity index (χ4v) is 2.85. The molecular weight excluding hydrogens is 357 g/mol. The highest BCUT2D eigenvalue weighted by atomic mass is 19.4. The largest absolute Gasteiger partial charge is 0.497 e. The molecule has 0 bridgehead atoms. The second kappa shape index (κ2) is 8.00. The molecule has 1 aliphatic rings. The van der Waals surface area contributed by atoms with Crippen LogP contribution in [0.15, 0.2) is 48.5 Å². The SMILES string of the molecule is COc1ccc(NC(=O)CN(Cc2ccc(C(F)(F)F)cc2)C2CC2)cc1. The smallest absolute Gasteiger partial charge is 0.416 e. The Bertz CT molecular complexity index is 769. The van der Waals surface area contributed by atoms with E-state index in [2.05, 4.69) is 5.32 Å². The summed E-state index contributed by atoms with van der Waals surface area (Å²) in [5.41, 5.74) is 0.764. The topological polar surface area (TPSA) is 41.6 Å². The van der Waals surface area contributed by atoms with E-state index in [4.69, 9.17) is 4.74 Å². The van der Waals surface area contributed by atoms with Gasteiger partial charge in [-0.15, -0.1) is 0 Å². The van der Waals surface area contributed by atoms with Crippen molar-refractivity contribution in [3.8, 4) is 5.75 Å². The Morgan fingerprint density at radius 2 is 1.74 bits per heavy atom. The highest BCUT2D eigenvalue weighted by Crippen LogP contribution is 2.31. The van der Waals surface area contributed by atoms with Gasteiger partial charge in [-0.25, -0.2) is 0 Å². The molecule has 2 aromatic rings. The number of methoxy groups -OCH3 is 1. The molecule has 27 heavy (non-hydrogen) atoms. The summed E-state index contributed by atoms with van der Waals surface area (Å²) in [6.45, 7) is 0.635. The number of alkyl halides is 3. The van der Waals surface area contributed by atoms with Crippen LogP contribution >= 0.6 is 0 Å². The third kappa shape index (κ3) is 5.47. The van der Waals surface area contributed by atoms with Crippen molar-refractivity contribution in [3.05, 3.63) is 59.7 Å². The minimum atomic E-state index is -4.34. The van der Waals surface area contributed by atoms with E-state index in [0.717, 1.165) is 30.5 Å².